The number of nitrogens with zero attached hydrogens (tertiary/aromatic N) is 2. The first-order valence-corrected chi connectivity index (χ1v) is 14.7. The molecule has 3 N–H and O–H groups in total. The Labute approximate surface area is 228 Å². The van der Waals surface area contributed by atoms with Crippen LogP contribution in [0.2, 0.25) is 0 Å². The number of hydrogen-bond acceptors (Lipinski definition) is 5. The fraction of sp³-hybridized carbons (Fsp3) is 0.700. The number of rotatable bonds is 8. The molecule has 1 saturated carbocycles. The first kappa shape index (κ1) is 28.6. The van der Waals surface area contributed by atoms with Gasteiger partial charge in [0.2, 0.25) is 17.7 Å². The van der Waals surface area contributed by atoms with Crippen molar-refractivity contribution < 1.29 is 14.4 Å². The predicted molar refractivity (Wildman–Crippen MR) is 150 cm³/mol. The number of piperazine rings is 1. The lowest BCUT2D eigenvalue weighted by Gasteiger charge is -2.46. The molecule has 4 rings (SSSR count). The Balaban J connectivity index is 1.55. The number of aryl methyl sites for hydroxylation is 1. The summed E-state index contributed by atoms with van der Waals surface area (Å²) in [5.41, 5.74) is 2.49. The second-order valence-electron chi connectivity index (χ2n) is 11.7. The summed E-state index contributed by atoms with van der Waals surface area (Å²) >= 11 is 0. The maximum atomic E-state index is 14.0. The second-order valence-corrected chi connectivity index (χ2v) is 11.7. The SMILES string of the molecule is CNC(C)C(=O)NC(C(=O)N1CCN(C2CCCCC2)CC1C(=O)NC1CCCc2ccccc21)C(C)C. The van der Waals surface area contributed by atoms with Crippen molar-refractivity contribution in [3.05, 3.63) is 35.4 Å². The average molecular weight is 526 g/mol. The largest absolute Gasteiger partial charge is 0.347 e. The number of carbonyl (C=O) groups excluding carboxylic acids is 3. The Hall–Kier alpha value is -2.45. The molecule has 3 amide bonds. The summed E-state index contributed by atoms with van der Waals surface area (Å²) < 4.78 is 0. The maximum Gasteiger partial charge on any atom is 0.246 e. The van der Waals surface area contributed by atoms with E-state index >= 15 is 0 Å². The van der Waals surface area contributed by atoms with Crippen molar-refractivity contribution >= 4 is 17.7 Å². The van der Waals surface area contributed by atoms with Crippen LogP contribution in [-0.2, 0) is 20.8 Å². The molecule has 8 heteroatoms. The van der Waals surface area contributed by atoms with E-state index in [4.69, 9.17) is 0 Å². The topological polar surface area (TPSA) is 93.8 Å². The van der Waals surface area contributed by atoms with Crippen LogP contribution < -0.4 is 16.0 Å². The lowest BCUT2D eigenvalue weighted by molar-refractivity contribution is -0.148. The third-order valence-electron chi connectivity index (χ3n) is 8.83. The van der Waals surface area contributed by atoms with Crippen LogP contribution in [0.1, 0.15) is 82.9 Å². The van der Waals surface area contributed by atoms with Crippen LogP contribution in [-0.4, -0.2) is 78.4 Å². The number of likely N-dealkylation sites (N-methyl/N-ethyl adjacent to an activating group) is 1. The van der Waals surface area contributed by atoms with Crippen LogP contribution in [0.25, 0.3) is 0 Å². The molecule has 38 heavy (non-hydrogen) atoms. The number of nitrogens with one attached hydrogen (secondary N) is 3. The lowest BCUT2D eigenvalue weighted by atomic mass is 9.87. The van der Waals surface area contributed by atoms with Crippen molar-refractivity contribution in [2.45, 2.75) is 102 Å². The molecule has 0 bridgehead atoms. The number of carbonyl (C=O) groups is 3. The zero-order valence-corrected chi connectivity index (χ0v) is 23.7. The van der Waals surface area contributed by atoms with Gasteiger partial charge in [-0.25, -0.2) is 0 Å². The van der Waals surface area contributed by atoms with Gasteiger partial charge in [-0.2, -0.15) is 0 Å². The van der Waals surface area contributed by atoms with Crippen LogP contribution >= 0.6 is 0 Å². The minimum atomic E-state index is -0.676. The van der Waals surface area contributed by atoms with Gasteiger partial charge in [0.1, 0.15) is 12.1 Å². The van der Waals surface area contributed by atoms with E-state index in [1.807, 2.05) is 19.9 Å². The van der Waals surface area contributed by atoms with Crippen LogP contribution in [0.3, 0.4) is 0 Å². The molecule has 1 aromatic rings. The van der Waals surface area contributed by atoms with Crippen molar-refractivity contribution in [3.8, 4) is 0 Å². The molecule has 8 nitrogen and oxygen atoms in total. The third-order valence-corrected chi connectivity index (χ3v) is 8.83. The first-order valence-electron chi connectivity index (χ1n) is 14.7. The molecule has 0 spiro atoms. The Bertz CT molecular complexity index is 976. The zero-order valence-electron chi connectivity index (χ0n) is 23.7. The molecule has 1 aromatic carbocycles. The Kier molecular flexibility index (Phi) is 9.82. The summed E-state index contributed by atoms with van der Waals surface area (Å²) in [5, 5.41) is 9.23. The van der Waals surface area contributed by atoms with Crippen molar-refractivity contribution in [2.75, 3.05) is 26.7 Å². The van der Waals surface area contributed by atoms with E-state index in [1.54, 1.807) is 18.9 Å². The van der Waals surface area contributed by atoms with Gasteiger partial charge in [-0.15, -0.1) is 0 Å². The summed E-state index contributed by atoms with van der Waals surface area (Å²) in [7, 11) is 1.73. The monoisotopic (exact) mass is 525 g/mol. The van der Waals surface area contributed by atoms with E-state index in [9.17, 15) is 14.4 Å². The van der Waals surface area contributed by atoms with E-state index in [0.29, 0.717) is 19.1 Å². The third kappa shape index (κ3) is 6.57. The molecule has 3 aliphatic rings. The second kappa shape index (κ2) is 13.1. The Morgan fingerprint density at radius 2 is 1.68 bits per heavy atom. The van der Waals surface area contributed by atoms with Gasteiger partial charge in [-0.3, -0.25) is 19.3 Å². The van der Waals surface area contributed by atoms with Crippen LogP contribution in [0.15, 0.2) is 24.3 Å². The highest BCUT2D eigenvalue weighted by atomic mass is 16.2. The van der Waals surface area contributed by atoms with E-state index in [2.05, 4.69) is 39.0 Å². The van der Waals surface area contributed by atoms with Crippen LogP contribution in [0, 0.1) is 5.92 Å². The summed E-state index contributed by atoms with van der Waals surface area (Å²) in [6.45, 7) is 7.46. The van der Waals surface area contributed by atoms with Crippen molar-refractivity contribution in [1.82, 2.24) is 25.8 Å². The van der Waals surface area contributed by atoms with E-state index in [-0.39, 0.29) is 29.7 Å². The molecular weight excluding hydrogens is 478 g/mol. The minimum absolute atomic E-state index is 0.0356. The highest BCUT2D eigenvalue weighted by Crippen LogP contribution is 2.30. The number of benzene rings is 1. The number of fused-ring (bicyclic) bond motifs is 1. The summed E-state index contributed by atoms with van der Waals surface area (Å²) in [6, 6.07) is 7.14. The Morgan fingerprint density at radius 3 is 2.39 bits per heavy atom. The minimum Gasteiger partial charge on any atom is -0.347 e. The van der Waals surface area contributed by atoms with Gasteiger partial charge in [-0.1, -0.05) is 57.4 Å². The van der Waals surface area contributed by atoms with E-state index in [0.717, 1.165) is 38.6 Å². The predicted octanol–water partition coefficient (Wildman–Crippen LogP) is 2.77. The molecule has 1 heterocycles. The van der Waals surface area contributed by atoms with Crippen molar-refractivity contribution in [2.24, 2.45) is 5.92 Å². The Morgan fingerprint density at radius 1 is 0.947 bits per heavy atom. The van der Waals surface area contributed by atoms with Gasteiger partial charge in [0.15, 0.2) is 0 Å². The standard InChI is InChI=1S/C30H47N5O3/c1-20(2)27(33-28(36)21(3)31-4)30(38)35-18-17-34(23-13-6-5-7-14-23)19-26(35)29(37)32-25-16-10-12-22-11-8-9-15-24(22)25/h8-9,11,15,20-21,23,25-27,31H,5-7,10,12-14,16-19H2,1-4H3,(H,32,37)(H,33,36). The molecule has 210 valence electrons. The first-order chi connectivity index (χ1) is 18.3. The summed E-state index contributed by atoms with van der Waals surface area (Å²) in [6.07, 6.45) is 9.02. The summed E-state index contributed by atoms with van der Waals surface area (Å²) in [4.78, 5) is 44.8. The number of hydrogen-bond donors (Lipinski definition) is 3. The van der Waals surface area contributed by atoms with Gasteiger partial charge in [-0.05, 0) is 63.1 Å². The molecular formula is C30H47N5O3. The normalized spacial score (nSPS) is 24.4. The van der Waals surface area contributed by atoms with Gasteiger partial charge in [0.25, 0.3) is 0 Å². The highest BCUT2D eigenvalue weighted by Gasteiger charge is 2.41. The quantitative estimate of drug-likeness (QED) is 0.485. The fourth-order valence-electron chi connectivity index (χ4n) is 6.34. The van der Waals surface area contributed by atoms with Gasteiger partial charge in [0, 0.05) is 25.7 Å². The summed E-state index contributed by atoms with van der Waals surface area (Å²) in [5.74, 6) is -0.553. The molecule has 0 aromatic heterocycles. The molecule has 4 unspecified atom stereocenters. The van der Waals surface area contributed by atoms with E-state index in [1.165, 1.54) is 30.4 Å². The highest BCUT2D eigenvalue weighted by molar-refractivity contribution is 5.93. The van der Waals surface area contributed by atoms with Crippen molar-refractivity contribution in [3.63, 3.8) is 0 Å². The molecule has 2 aliphatic carbocycles. The lowest BCUT2D eigenvalue weighted by Crippen LogP contribution is -2.66. The van der Waals surface area contributed by atoms with Gasteiger partial charge >= 0.3 is 0 Å². The maximum absolute atomic E-state index is 14.0. The molecule has 1 saturated heterocycles. The van der Waals surface area contributed by atoms with Gasteiger partial charge < -0.3 is 20.9 Å². The van der Waals surface area contributed by atoms with Crippen molar-refractivity contribution in [1.29, 1.82) is 0 Å². The zero-order chi connectivity index (χ0) is 27.2. The molecule has 2 fully saturated rings. The van der Waals surface area contributed by atoms with Gasteiger partial charge in [0.05, 0.1) is 12.1 Å². The van der Waals surface area contributed by atoms with E-state index < -0.39 is 18.1 Å². The molecule has 0 radical (unpaired) electrons. The number of amides is 3. The average Bonchev–Trinajstić information content (AvgIpc) is 2.95. The fourth-order valence-corrected chi connectivity index (χ4v) is 6.34. The van der Waals surface area contributed by atoms with Crippen LogP contribution in [0.5, 0.6) is 0 Å². The van der Waals surface area contributed by atoms with Crippen LogP contribution in [0.4, 0.5) is 0 Å². The molecule has 1 aliphatic heterocycles. The molecule has 4 atom stereocenters. The smallest absolute Gasteiger partial charge is 0.246 e.